The average Bonchev–Trinajstić information content (AvgIpc) is 3.18. The maximum absolute atomic E-state index is 8.67. The number of ether oxygens (including phenoxy) is 1. The molecule has 4 aromatic rings. The Hall–Kier alpha value is -2.87. The first kappa shape index (κ1) is 23.8. The van der Waals surface area contributed by atoms with Crippen LogP contribution in [0.5, 0.6) is 11.6 Å². The van der Waals surface area contributed by atoms with E-state index in [0.29, 0.717) is 5.46 Å². The predicted molar refractivity (Wildman–Crippen MR) is 132 cm³/mol. The van der Waals surface area contributed by atoms with Crippen LogP contribution >= 0.6 is 15.9 Å². The largest absolute Gasteiger partial charge is 0.488 e. The lowest BCUT2D eigenvalue weighted by Crippen LogP contribution is -2.29. The quantitative estimate of drug-likeness (QED) is 0.393. The van der Waals surface area contributed by atoms with E-state index in [1.54, 1.807) is 24.7 Å². The fraction of sp³-hybridized carbons (Fsp3) is 0.160. The molecule has 0 radical (unpaired) electrons. The van der Waals surface area contributed by atoms with E-state index < -0.39 is 7.12 Å². The van der Waals surface area contributed by atoms with E-state index in [9.17, 15) is 0 Å². The van der Waals surface area contributed by atoms with Gasteiger partial charge in [-0.3, -0.25) is 4.57 Å². The van der Waals surface area contributed by atoms with Crippen LogP contribution in [0.25, 0.3) is 0 Å². The molecule has 0 saturated carbocycles. The molecule has 5 nitrogen and oxygen atoms in total. The van der Waals surface area contributed by atoms with Crippen LogP contribution in [0.15, 0.2) is 83.7 Å². The van der Waals surface area contributed by atoms with Crippen molar-refractivity contribution < 1.29 is 14.8 Å². The predicted octanol–water partition coefficient (Wildman–Crippen LogP) is 4.78. The number of rotatable bonds is 5. The van der Waals surface area contributed by atoms with Crippen molar-refractivity contribution in [1.29, 1.82) is 0 Å². The second-order valence-electron chi connectivity index (χ2n) is 7.65. The molecule has 7 heteroatoms. The van der Waals surface area contributed by atoms with E-state index in [2.05, 4.69) is 52.1 Å². The molecule has 0 saturated heterocycles. The standard InChI is InChI=1S/C18H17BrN2O.C7H9BO2/c1-13-4-3-5-15(8-13)11-21-12-20-10-18(21)22-16-6-7-17(19)14(2)9-16;1-6-2-4-7(5-3-6)8(9)10/h3-10,12H,11H2,1-2H3;2-5,9-10H,1H3. The van der Waals surface area contributed by atoms with Crippen molar-refractivity contribution in [2.24, 2.45) is 0 Å². The minimum Gasteiger partial charge on any atom is -0.439 e. The number of aryl methyl sites for hydroxylation is 3. The smallest absolute Gasteiger partial charge is 0.439 e. The number of hydrogen-bond donors (Lipinski definition) is 2. The Bertz CT molecular complexity index is 1160. The van der Waals surface area contributed by atoms with Gasteiger partial charge >= 0.3 is 7.12 Å². The summed E-state index contributed by atoms with van der Waals surface area (Å²) in [5.41, 5.74) is 5.27. The van der Waals surface area contributed by atoms with Gasteiger partial charge in [0.2, 0.25) is 5.88 Å². The lowest BCUT2D eigenvalue weighted by molar-refractivity contribution is 0.425. The van der Waals surface area contributed by atoms with Crippen molar-refractivity contribution in [1.82, 2.24) is 9.55 Å². The number of imidazole rings is 1. The highest BCUT2D eigenvalue weighted by molar-refractivity contribution is 9.10. The highest BCUT2D eigenvalue weighted by atomic mass is 79.9. The van der Waals surface area contributed by atoms with E-state index in [-0.39, 0.29) is 0 Å². The molecule has 0 aliphatic rings. The molecular formula is C25H26BBrN2O3. The molecule has 2 N–H and O–H groups in total. The van der Waals surface area contributed by atoms with Gasteiger partial charge in [0.25, 0.3) is 0 Å². The molecule has 0 fully saturated rings. The van der Waals surface area contributed by atoms with Gasteiger partial charge in [0.1, 0.15) is 5.75 Å². The zero-order valence-electron chi connectivity index (χ0n) is 18.4. The van der Waals surface area contributed by atoms with Gasteiger partial charge in [0, 0.05) is 4.47 Å². The summed E-state index contributed by atoms with van der Waals surface area (Å²) in [7, 11) is -1.35. The molecule has 0 spiro atoms. The van der Waals surface area contributed by atoms with E-state index in [0.717, 1.165) is 33.8 Å². The Morgan fingerprint density at radius 3 is 2.34 bits per heavy atom. The highest BCUT2D eigenvalue weighted by Gasteiger charge is 2.08. The van der Waals surface area contributed by atoms with Crippen molar-refractivity contribution in [2.75, 3.05) is 0 Å². The van der Waals surface area contributed by atoms with Crippen LogP contribution in [0.1, 0.15) is 22.3 Å². The molecule has 0 amide bonds. The van der Waals surface area contributed by atoms with Gasteiger partial charge in [0.05, 0.1) is 19.1 Å². The minimum atomic E-state index is -1.35. The van der Waals surface area contributed by atoms with Crippen LogP contribution in [-0.2, 0) is 6.54 Å². The van der Waals surface area contributed by atoms with E-state index in [1.165, 1.54) is 11.1 Å². The topological polar surface area (TPSA) is 67.5 Å². The van der Waals surface area contributed by atoms with Gasteiger partial charge in [-0.15, -0.1) is 0 Å². The lowest BCUT2D eigenvalue weighted by atomic mass is 9.80. The van der Waals surface area contributed by atoms with Gasteiger partial charge < -0.3 is 14.8 Å². The maximum Gasteiger partial charge on any atom is 0.488 e. The number of aromatic nitrogens is 2. The van der Waals surface area contributed by atoms with Crippen LogP contribution in [0.4, 0.5) is 0 Å². The number of hydrogen-bond acceptors (Lipinski definition) is 4. The van der Waals surface area contributed by atoms with Gasteiger partial charge in [-0.05, 0) is 55.6 Å². The summed E-state index contributed by atoms with van der Waals surface area (Å²) in [6.45, 7) is 6.83. The Labute approximate surface area is 197 Å². The number of nitrogens with zero attached hydrogens (tertiary/aromatic N) is 2. The molecule has 4 rings (SSSR count). The maximum atomic E-state index is 8.67. The fourth-order valence-corrected chi connectivity index (χ4v) is 3.31. The van der Waals surface area contributed by atoms with Gasteiger partial charge in [-0.1, -0.05) is 75.6 Å². The van der Waals surface area contributed by atoms with E-state index >= 15 is 0 Å². The monoisotopic (exact) mass is 492 g/mol. The molecule has 3 aromatic carbocycles. The molecule has 0 unspecified atom stereocenters. The Balaban J connectivity index is 0.000000243. The average molecular weight is 493 g/mol. The summed E-state index contributed by atoms with van der Waals surface area (Å²) in [5.74, 6) is 1.55. The van der Waals surface area contributed by atoms with Crippen molar-refractivity contribution in [3.63, 3.8) is 0 Å². The Kier molecular flexibility index (Phi) is 8.28. The first-order chi connectivity index (χ1) is 15.3. The summed E-state index contributed by atoms with van der Waals surface area (Å²) in [6.07, 6.45) is 3.54. The molecule has 0 aliphatic carbocycles. The fourth-order valence-electron chi connectivity index (χ4n) is 3.06. The third kappa shape index (κ3) is 6.82. The Morgan fingerprint density at radius 2 is 1.69 bits per heavy atom. The van der Waals surface area contributed by atoms with Crippen LogP contribution in [0, 0.1) is 20.8 Å². The van der Waals surface area contributed by atoms with Gasteiger partial charge in [0.15, 0.2) is 0 Å². The van der Waals surface area contributed by atoms with Crippen molar-refractivity contribution in [3.05, 3.63) is 106 Å². The first-order valence-corrected chi connectivity index (χ1v) is 11.0. The summed E-state index contributed by atoms with van der Waals surface area (Å²) < 4.78 is 9.05. The van der Waals surface area contributed by atoms with Gasteiger partial charge in [-0.25, -0.2) is 4.98 Å². The normalized spacial score (nSPS) is 10.3. The third-order valence-corrected chi connectivity index (χ3v) is 5.73. The second kappa shape index (κ2) is 11.1. The molecule has 164 valence electrons. The SMILES string of the molecule is Cc1ccc(B(O)O)cc1.Cc1cccc(Cn2cncc2Oc2ccc(Br)c(C)c2)c1. The van der Waals surface area contributed by atoms with Crippen molar-refractivity contribution in [2.45, 2.75) is 27.3 Å². The summed E-state index contributed by atoms with van der Waals surface area (Å²) >= 11 is 3.50. The summed E-state index contributed by atoms with van der Waals surface area (Å²) in [6, 6.07) is 21.5. The molecule has 0 aliphatic heterocycles. The van der Waals surface area contributed by atoms with Crippen molar-refractivity contribution >= 4 is 28.5 Å². The van der Waals surface area contributed by atoms with Crippen LogP contribution in [-0.4, -0.2) is 26.7 Å². The summed E-state index contributed by atoms with van der Waals surface area (Å²) in [4.78, 5) is 4.21. The molecule has 0 atom stereocenters. The second-order valence-corrected chi connectivity index (χ2v) is 8.50. The van der Waals surface area contributed by atoms with E-state index in [4.69, 9.17) is 14.8 Å². The van der Waals surface area contributed by atoms with Crippen LogP contribution in [0.2, 0.25) is 0 Å². The molecule has 32 heavy (non-hydrogen) atoms. The van der Waals surface area contributed by atoms with Crippen LogP contribution in [0.3, 0.4) is 0 Å². The van der Waals surface area contributed by atoms with E-state index in [1.807, 2.05) is 48.7 Å². The lowest BCUT2D eigenvalue weighted by Gasteiger charge is -2.11. The minimum absolute atomic E-state index is 0.533. The van der Waals surface area contributed by atoms with Crippen molar-refractivity contribution in [3.8, 4) is 11.6 Å². The number of benzene rings is 3. The Morgan fingerprint density at radius 1 is 0.938 bits per heavy atom. The molecule has 1 aromatic heterocycles. The molecule has 1 heterocycles. The van der Waals surface area contributed by atoms with Gasteiger partial charge in [-0.2, -0.15) is 0 Å². The molecule has 0 bridgehead atoms. The number of halogens is 1. The first-order valence-electron chi connectivity index (χ1n) is 10.2. The zero-order chi connectivity index (χ0) is 23.1. The summed E-state index contributed by atoms with van der Waals surface area (Å²) in [5, 5.41) is 17.3. The van der Waals surface area contributed by atoms with Crippen LogP contribution < -0.4 is 10.2 Å². The molecular weight excluding hydrogens is 467 g/mol. The zero-order valence-corrected chi connectivity index (χ0v) is 20.0. The third-order valence-electron chi connectivity index (χ3n) is 4.84. The highest BCUT2D eigenvalue weighted by Crippen LogP contribution is 2.26.